The summed E-state index contributed by atoms with van der Waals surface area (Å²) in [7, 11) is 0. The molecule has 0 bridgehead atoms. The predicted octanol–water partition coefficient (Wildman–Crippen LogP) is 0.720. The Morgan fingerprint density at radius 1 is 1.17 bits per heavy atom. The molecule has 0 saturated heterocycles. The molecule has 1 aromatic rings. The number of nitrogens with zero attached hydrogens (tertiary/aromatic N) is 3. The van der Waals surface area contributed by atoms with Crippen LogP contribution in [0, 0.1) is 0 Å². The lowest BCUT2D eigenvalue weighted by atomic mass is 9.91. The maximum Gasteiger partial charge on any atom is 0.119 e. The summed E-state index contributed by atoms with van der Waals surface area (Å²) in [5, 5.41) is 7.58. The molecule has 4 nitrogen and oxygen atoms in total. The zero-order valence-electron chi connectivity index (χ0n) is 7.06. The van der Waals surface area contributed by atoms with Crippen molar-refractivity contribution in [1.29, 1.82) is 0 Å². The van der Waals surface area contributed by atoms with Gasteiger partial charge in [0.25, 0.3) is 0 Å². The van der Waals surface area contributed by atoms with Crippen LogP contribution in [0.4, 0.5) is 0 Å². The topological polar surface area (TPSA) is 56.7 Å². The van der Waals surface area contributed by atoms with Crippen molar-refractivity contribution in [3.8, 4) is 0 Å². The van der Waals surface area contributed by atoms with E-state index in [1.807, 2.05) is 4.57 Å². The average Bonchev–Trinajstić information content (AvgIpc) is 2.57. The zero-order valence-corrected chi connectivity index (χ0v) is 7.06. The van der Waals surface area contributed by atoms with Crippen molar-refractivity contribution in [2.24, 2.45) is 5.73 Å². The van der Waals surface area contributed by atoms with Crippen LogP contribution in [0.3, 0.4) is 0 Å². The molecule has 1 saturated carbocycles. The van der Waals surface area contributed by atoms with Crippen molar-refractivity contribution in [2.45, 2.75) is 37.8 Å². The first-order valence-corrected chi connectivity index (χ1v) is 4.47. The molecular formula is C8H14N4. The Morgan fingerprint density at radius 2 is 1.83 bits per heavy atom. The first-order chi connectivity index (χ1) is 5.88. The smallest absolute Gasteiger partial charge is 0.119 e. The molecule has 0 aliphatic heterocycles. The molecule has 1 heterocycles. The van der Waals surface area contributed by atoms with E-state index < -0.39 is 0 Å². The van der Waals surface area contributed by atoms with Crippen LogP contribution in [0.15, 0.2) is 12.7 Å². The normalized spacial score (nSPS) is 30.4. The Kier molecular flexibility index (Phi) is 2.08. The molecule has 1 aliphatic carbocycles. The molecule has 0 spiro atoms. The van der Waals surface area contributed by atoms with Gasteiger partial charge in [0.1, 0.15) is 12.7 Å². The Morgan fingerprint density at radius 3 is 2.50 bits per heavy atom. The molecule has 12 heavy (non-hydrogen) atoms. The minimum Gasteiger partial charge on any atom is -0.326 e. The molecule has 4 heteroatoms. The fraction of sp³-hybridized carbons (Fsp3) is 0.750. The van der Waals surface area contributed by atoms with Crippen LogP contribution in [0.1, 0.15) is 31.7 Å². The largest absolute Gasteiger partial charge is 0.326 e. The molecule has 2 N–H and O–H groups in total. The lowest BCUT2D eigenvalue weighted by Gasteiger charge is -2.28. The van der Waals surface area contributed by atoms with Crippen molar-refractivity contribution >= 4 is 0 Å². The van der Waals surface area contributed by atoms with E-state index in [-0.39, 0.29) is 6.04 Å². The van der Waals surface area contributed by atoms with Crippen LogP contribution < -0.4 is 5.73 Å². The SMILES string of the molecule is N[C@@H]1CCCC[C@H]1n1cnnc1. The summed E-state index contributed by atoms with van der Waals surface area (Å²) in [6, 6.07) is 0.712. The van der Waals surface area contributed by atoms with Gasteiger partial charge >= 0.3 is 0 Å². The van der Waals surface area contributed by atoms with Crippen LogP contribution in [0.2, 0.25) is 0 Å². The van der Waals surface area contributed by atoms with E-state index in [9.17, 15) is 0 Å². The number of aromatic nitrogens is 3. The van der Waals surface area contributed by atoms with E-state index in [4.69, 9.17) is 5.73 Å². The second kappa shape index (κ2) is 3.23. The highest BCUT2D eigenvalue weighted by atomic mass is 15.2. The van der Waals surface area contributed by atoms with Crippen LogP contribution in [0.5, 0.6) is 0 Å². The fourth-order valence-electron chi connectivity index (χ4n) is 1.89. The van der Waals surface area contributed by atoms with Gasteiger partial charge in [-0.2, -0.15) is 0 Å². The summed E-state index contributed by atoms with van der Waals surface area (Å²) in [6.45, 7) is 0. The van der Waals surface area contributed by atoms with Crippen molar-refractivity contribution < 1.29 is 0 Å². The lowest BCUT2D eigenvalue weighted by Crippen LogP contribution is -2.34. The maximum absolute atomic E-state index is 5.99. The van der Waals surface area contributed by atoms with Crippen molar-refractivity contribution in [2.75, 3.05) is 0 Å². The summed E-state index contributed by atoms with van der Waals surface area (Å²) < 4.78 is 2.03. The minimum atomic E-state index is 0.287. The van der Waals surface area contributed by atoms with Crippen LogP contribution >= 0.6 is 0 Å². The maximum atomic E-state index is 5.99. The standard InChI is InChI=1S/C8H14N4/c9-7-3-1-2-4-8(7)12-5-10-11-6-12/h5-8H,1-4,9H2/t7-,8-/m1/s1. The second-order valence-corrected chi connectivity index (χ2v) is 3.42. The number of hydrogen-bond donors (Lipinski definition) is 1. The van der Waals surface area contributed by atoms with E-state index in [2.05, 4.69) is 10.2 Å². The molecule has 1 fully saturated rings. The highest BCUT2D eigenvalue weighted by molar-refractivity contribution is 4.84. The summed E-state index contributed by atoms with van der Waals surface area (Å²) in [5.74, 6) is 0. The molecular weight excluding hydrogens is 152 g/mol. The van der Waals surface area contributed by atoms with Crippen molar-refractivity contribution in [1.82, 2.24) is 14.8 Å². The van der Waals surface area contributed by atoms with Gasteiger partial charge in [-0.1, -0.05) is 12.8 Å². The zero-order chi connectivity index (χ0) is 8.39. The molecule has 1 aliphatic rings. The third-order valence-electron chi connectivity index (χ3n) is 2.60. The fourth-order valence-corrected chi connectivity index (χ4v) is 1.89. The quantitative estimate of drug-likeness (QED) is 0.668. The molecule has 1 aromatic heterocycles. The van der Waals surface area contributed by atoms with Crippen molar-refractivity contribution in [3.05, 3.63) is 12.7 Å². The Hall–Kier alpha value is -0.900. The highest BCUT2D eigenvalue weighted by Gasteiger charge is 2.22. The van der Waals surface area contributed by atoms with Crippen LogP contribution in [0.25, 0.3) is 0 Å². The van der Waals surface area contributed by atoms with E-state index in [1.165, 1.54) is 19.3 Å². The third kappa shape index (κ3) is 1.34. The molecule has 0 radical (unpaired) electrons. The van der Waals surface area contributed by atoms with Gasteiger partial charge in [-0.05, 0) is 12.8 Å². The highest BCUT2D eigenvalue weighted by Crippen LogP contribution is 2.26. The van der Waals surface area contributed by atoms with Gasteiger partial charge < -0.3 is 10.3 Å². The predicted molar refractivity (Wildman–Crippen MR) is 45.5 cm³/mol. The van der Waals surface area contributed by atoms with Gasteiger partial charge in [-0.3, -0.25) is 0 Å². The number of rotatable bonds is 1. The third-order valence-corrected chi connectivity index (χ3v) is 2.60. The molecule has 0 amide bonds. The Bertz CT molecular complexity index is 231. The van der Waals surface area contributed by atoms with E-state index >= 15 is 0 Å². The Labute approximate surface area is 71.8 Å². The van der Waals surface area contributed by atoms with Gasteiger partial charge in [0.15, 0.2) is 0 Å². The number of hydrogen-bond acceptors (Lipinski definition) is 3. The first kappa shape index (κ1) is 7.73. The monoisotopic (exact) mass is 166 g/mol. The Balaban J connectivity index is 2.11. The van der Waals surface area contributed by atoms with Gasteiger partial charge in [0, 0.05) is 6.04 Å². The van der Waals surface area contributed by atoms with Gasteiger partial charge in [-0.15, -0.1) is 10.2 Å². The van der Waals surface area contributed by atoms with Gasteiger partial charge in [0.05, 0.1) is 6.04 Å². The molecule has 2 rings (SSSR count). The average molecular weight is 166 g/mol. The second-order valence-electron chi connectivity index (χ2n) is 3.42. The van der Waals surface area contributed by atoms with Crippen molar-refractivity contribution in [3.63, 3.8) is 0 Å². The first-order valence-electron chi connectivity index (χ1n) is 4.47. The lowest BCUT2D eigenvalue weighted by molar-refractivity contribution is 0.305. The van der Waals surface area contributed by atoms with E-state index in [0.717, 1.165) is 6.42 Å². The van der Waals surface area contributed by atoms with E-state index in [1.54, 1.807) is 12.7 Å². The van der Waals surface area contributed by atoms with E-state index in [0.29, 0.717) is 6.04 Å². The molecule has 2 atom stereocenters. The molecule has 66 valence electrons. The summed E-state index contributed by atoms with van der Waals surface area (Å²) >= 11 is 0. The van der Waals surface area contributed by atoms with Gasteiger partial charge in [0.2, 0.25) is 0 Å². The molecule has 0 unspecified atom stereocenters. The molecule has 0 aromatic carbocycles. The summed E-state index contributed by atoms with van der Waals surface area (Å²) in [5.41, 5.74) is 5.99. The summed E-state index contributed by atoms with van der Waals surface area (Å²) in [6.07, 6.45) is 8.35. The number of nitrogens with two attached hydrogens (primary N) is 1. The summed E-state index contributed by atoms with van der Waals surface area (Å²) in [4.78, 5) is 0. The van der Waals surface area contributed by atoms with Crippen LogP contribution in [-0.4, -0.2) is 20.8 Å². The van der Waals surface area contributed by atoms with Gasteiger partial charge in [-0.25, -0.2) is 0 Å². The minimum absolute atomic E-state index is 0.287. The van der Waals surface area contributed by atoms with Crippen LogP contribution in [-0.2, 0) is 0 Å².